The Balaban J connectivity index is 2.69. The first kappa shape index (κ1) is 16.0. The molecule has 20 heavy (non-hydrogen) atoms. The van der Waals surface area contributed by atoms with E-state index in [9.17, 15) is 9.59 Å². The largest absolute Gasteiger partial charge is 0.339 e. The van der Waals surface area contributed by atoms with Crippen molar-refractivity contribution in [3.63, 3.8) is 0 Å². The van der Waals surface area contributed by atoms with Crippen LogP contribution >= 0.6 is 0 Å². The van der Waals surface area contributed by atoms with Crippen LogP contribution in [0.5, 0.6) is 0 Å². The Labute approximate surface area is 120 Å². The third kappa shape index (κ3) is 3.95. The van der Waals surface area contributed by atoms with E-state index in [1.54, 1.807) is 24.0 Å². The Morgan fingerprint density at radius 2 is 1.75 bits per heavy atom. The van der Waals surface area contributed by atoms with Gasteiger partial charge in [-0.1, -0.05) is 24.8 Å². The van der Waals surface area contributed by atoms with Gasteiger partial charge in [0.15, 0.2) is 0 Å². The molecule has 108 valence electrons. The van der Waals surface area contributed by atoms with Crippen LogP contribution in [-0.2, 0) is 9.59 Å². The van der Waals surface area contributed by atoms with Crippen molar-refractivity contribution in [1.82, 2.24) is 4.90 Å². The fourth-order valence-corrected chi connectivity index (χ4v) is 1.83. The average molecular weight is 274 g/mol. The van der Waals surface area contributed by atoms with Gasteiger partial charge in [0.05, 0.1) is 5.92 Å². The standard InChI is InChI=1S/C16H22N2O2/c1-5-18(6-2)16(20)13(4)12(3)15(19)17-14-10-8-7-9-11-14/h7-12H,4-6H2,1-3H3,(H,17,19). The lowest BCUT2D eigenvalue weighted by Gasteiger charge is -2.22. The molecule has 0 spiro atoms. The van der Waals surface area contributed by atoms with Crippen LogP contribution < -0.4 is 5.32 Å². The smallest absolute Gasteiger partial charge is 0.249 e. The lowest BCUT2D eigenvalue weighted by molar-refractivity contribution is -0.129. The minimum Gasteiger partial charge on any atom is -0.339 e. The Hall–Kier alpha value is -2.10. The summed E-state index contributed by atoms with van der Waals surface area (Å²) >= 11 is 0. The van der Waals surface area contributed by atoms with E-state index in [0.29, 0.717) is 24.4 Å². The van der Waals surface area contributed by atoms with E-state index < -0.39 is 5.92 Å². The average Bonchev–Trinajstić information content (AvgIpc) is 2.47. The van der Waals surface area contributed by atoms with Crippen LogP contribution in [-0.4, -0.2) is 29.8 Å². The molecule has 0 aliphatic rings. The number of nitrogens with zero attached hydrogens (tertiary/aromatic N) is 1. The maximum atomic E-state index is 12.2. The number of hydrogen-bond donors (Lipinski definition) is 1. The normalized spacial score (nSPS) is 11.6. The van der Waals surface area contributed by atoms with Crippen LogP contribution in [0.15, 0.2) is 42.5 Å². The lowest BCUT2D eigenvalue weighted by atomic mass is 10.0. The van der Waals surface area contributed by atoms with Crippen LogP contribution in [0, 0.1) is 5.92 Å². The molecule has 2 amide bonds. The summed E-state index contributed by atoms with van der Waals surface area (Å²) in [6.45, 7) is 10.5. The highest BCUT2D eigenvalue weighted by Gasteiger charge is 2.24. The molecular formula is C16H22N2O2. The number of hydrogen-bond acceptors (Lipinski definition) is 2. The van der Waals surface area contributed by atoms with Gasteiger partial charge < -0.3 is 10.2 Å². The molecular weight excluding hydrogens is 252 g/mol. The molecule has 1 aromatic rings. The maximum absolute atomic E-state index is 12.2. The van der Waals surface area contributed by atoms with Gasteiger partial charge in [0.1, 0.15) is 0 Å². The summed E-state index contributed by atoms with van der Waals surface area (Å²) in [5.41, 5.74) is 1.04. The first-order valence-electron chi connectivity index (χ1n) is 6.85. The Kier molecular flexibility index (Phi) is 5.97. The van der Waals surface area contributed by atoms with Gasteiger partial charge in [-0.15, -0.1) is 0 Å². The predicted octanol–water partition coefficient (Wildman–Crippen LogP) is 2.69. The number of amides is 2. The minimum atomic E-state index is -0.552. The van der Waals surface area contributed by atoms with Crippen molar-refractivity contribution in [2.75, 3.05) is 18.4 Å². The SMILES string of the molecule is C=C(C(=O)N(CC)CC)C(C)C(=O)Nc1ccccc1. The zero-order valence-electron chi connectivity index (χ0n) is 12.3. The van der Waals surface area contributed by atoms with Gasteiger partial charge in [-0.25, -0.2) is 0 Å². The second-order valence-electron chi connectivity index (χ2n) is 4.58. The Bertz CT molecular complexity index is 479. The molecule has 0 bridgehead atoms. The highest BCUT2D eigenvalue weighted by Crippen LogP contribution is 2.15. The van der Waals surface area contributed by atoms with Crippen molar-refractivity contribution in [2.24, 2.45) is 5.92 Å². The summed E-state index contributed by atoms with van der Waals surface area (Å²) in [5, 5.41) is 2.78. The highest BCUT2D eigenvalue weighted by molar-refractivity contribution is 6.03. The van der Waals surface area contributed by atoms with Gasteiger partial charge in [0, 0.05) is 24.4 Å². The Morgan fingerprint density at radius 1 is 1.20 bits per heavy atom. The quantitative estimate of drug-likeness (QED) is 0.811. The first-order valence-corrected chi connectivity index (χ1v) is 6.85. The fraction of sp³-hybridized carbons (Fsp3) is 0.375. The van der Waals surface area contributed by atoms with Crippen molar-refractivity contribution < 1.29 is 9.59 Å². The molecule has 0 aromatic heterocycles. The van der Waals surface area contributed by atoms with Crippen molar-refractivity contribution in [2.45, 2.75) is 20.8 Å². The summed E-state index contributed by atoms with van der Waals surface area (Å²) in [6, 6.07) is 9.17. The van der Waals surface area contributed by atoms with Crippen LogP contribution in [0.3, 0.4) is 0 Å². The van der Waals surface area contributed by atoms with Crippen molar-refractivity contribution in [3.05, 3.63) is 42.5 Å². The number of nitrogens with one attached hydrogen (secondary N) is 1. The second kappa shape index (κ2) is 7.48. The topological polar surface area (TPSA) is 49.4 Å². The summed E-state index contributed by atoms with van der Waals surface area (Å²) < 4.78 is 0. The molecule has 0 aliphatic heterocycles. The molecule has 4 heteroatoms. The monoisotopic (exact) mass is 274 g/mol. The molecule has 0 saturated carbocycles. The van der Waals surface area contributed by atoms with Crippen molar-refractivity contribution >= 4 is 17.5 Å². The van der Waals surface area contributed by atoms with E-state index in [-0.39, 0.29) is 11.8 Å². The van der Waals surface area contributed by atoms with Gasteiger partial charge in [-0.2, -0.15) is 0 Å². The molecule has 1 N–H and O–H groups in total. The van der Waals surface area contributed by atoms with Gasteiger partial charge in [0.25, 0.3) is 0 Å². The number of benzene rings is 1. The number of para-hydroxylation sites is 1. The molecule has 1 rings (SSSR count). The van der Waals surface area contributed by atoms with Crippen LogP contribution in [0.4, 0.5) is 5.69 Å². The van der Waals surface area contributed by atoms with E-state index >= 15 is 0 Å². The third-order valence-corrected chi connectivity index (χ3v) is 3.28. The summed E-state index contributed by atoms with van der Waals surface area (Å²) in [5.74, 6) is -0.935. The summed E-state index contributed by atoms with van der Waals surface area (Å²) in [7, 11) is 0. The summed E-state index contributed by atoms with van der Waals surface area (Å²) in [4.78, 5) is 25.9. The molecule has 1 unspecified atom stereocenters. The molecule has 0 fully saturated rings. The van der Waals surface area contributed by atoms with Crippen molar-refractivity contribution in [3.8, 4) is 0 Å². The molecule has 1 aromatic carbocycles. The number of carbonyl (C=O) groups excluding carboxylic acids is 2. The second-order valence-corrected chi connectivity index (χ2v) is 4.58. The van der Waals surface area contributed by atoms with Crippen LogP contribution in [0.1, 0.15) is 20.8 Å². The minimum absolute atomic E-state index is 0.161. The zero-order valence-corrected chi connectivity index (χ0v) is 12.3. The van der Waals surface area contributed by atoms with Crippen LogP contribution in [0.2, 0.25) is 0 Å². The van der Waals surface area contributed by atoms with Gasteiger partial charge in [-0.3, -0.25) is 9.59 Å². The van der Waals surface area contributed by atoms with Gasteiger partial charge >= 0.3 is 0 Å². The fourth-order valence-electron chi connectivity index (χ4n) is 1.83. The number of rotatable bonds is 6. The summed E-state index contributed by atoms with van der Waals surface area (Å²) in [6.07, 6.45) is 0. The molecule has 0 saturated heterocycles. The Morgan fingerprint density at radius 3 is 2.25 bits per heavy atom. The van der Waals surface area contributed by atoms with Crippen LogP contribution in [0.25, 0.3) is 0 Å². The maximum Gasteiger partial charge on any atom is 0.249 e. The van der Waals surface area contributed by atoms with Gasteiger partial charge in [0.2, 0.25) is 11.8 Å². The highest BCUT2D eigenvalue weighted by atomic mass is 16.2. The number of anilines is 1. The van der Waals surface area contributed by atoms with E-state index in [1.165, 1.54) is 0 Å². The molecule has 0 aliphatic carbocycles. The predicted molar refractivity (Wildman–Crippen MR) is 81.3 cm³/mol. The molecule has 0 radical (unpaired) electrons. The first-order chi connectivity index (χ1) is 9.51. The number of carbonyl (C=O) groups is 2. The zero-order chi connectivity index (χ0) is 15.1. The van der Waals surface area contributed by atoms with Gasteiger partial charge in [-0.05, 0) is 32.9 Å². The van der Waals surface area contributed by atoms with Crippen molar-refractivity contribution in [1.29, 1.82) is 0 Å². The number of likely N-dealkylation sites (N-methyl/N-ethyl adjacent to an activating group) is 1. The molecule has 4 nitrogen and oxygen atoms in total. The van der Waals surface area contributed by atoms with E-state index in [1.807, 2.05) is 32.0 Å². The lowest BCUT2D eigenvalue weighted by Crippen LogP contribution is -2.35. The van der Waals surface area contributed by atoms with E-state index in [2.05, 4.69) is 11.9 Å². The molecule has 1 atom stereocenters. The third-order valence-electron chi connectivity index (χ3n) is 3.28. The molecule has 0 heterocycles. The van der Waals surface area contributed by atoms with E-state index in [0.717, 1.165) is 0 Å². The van der Waals surface area contributed by atoms with E-state index in [4.69, 9.17) is 0 Å².